The molecule has 5 nitrogen and oxygen atoms in total. The van der Waals surface area contributed by atoms with E-state index in [9.17, 15) is 4.79 Å². The zero-order chi connectivity index (χ0) is 17.5. The van der Waals surface area contributed by atoms with E-state index < -0.39 is 0 Å². The zero-order valence-electron chi connectivity index (χ0n) is 14.3. The molecule has 1 fully saturated rings. The number of rotatable bonds is 5. The Bertz CT molecular complexity index is 731. The highest BCUT2D eigenvalue weighted by Crippen LogP contribution is 2.25. The van der Waals surface area contributed by atoms with E-state index in [4.69, 9.17) is 5.26 Å². The molecular weight excluding hydrogens is 312 g/mol. The molecule has 25 heavy (non-hydrogen) atoms. The summed E-state index contributed by atoms with van der Waals surface area (Å²) in [6.07, 6.45) is 11.1. The highest BCUT2D eigenvalue weighted by molar-refractivity contribution is 5.92. The molecule has 2 heterocycles. The number of nitriles is 1. The molecule has 1 aliphatic carbocycles. The molecule has 128 valence electrons. The summed E-state index contributed by atoms with van der Waals surface area (Å²) in [5.41, 5.74) is 1.92. The lowest BCUT2D eigenvalue weighted by molar-refractivity contribution is 0.0693. The minimum atomic E-state index is -0.0770. The molecule has 0 unspecified atom stereocenters. The van der Waals surface area contributed by atoms with Crippen LogP contribution in [0.5, 0.6) is 0 Å². The van der Waals surface area contributed by atoms with E-state index in [1.54, 1.807) is 24.5 Å². The quantitative estimate of drug-likeness (QED) is 0.838. The number of aromatic nitrogens is 2. The molecule has 1 saturated carbocycles. The number of carbonyl (C=O) groups is 1. The lowest BCUT2D eigenvalue weighted by Crippen LogP contribution is -2.36. The van der Waals surface area contributed by atoms with Crippen LogP contribution >= 0.6 is 0 Å². The Balaban J connectivity index is 1.78. The average molecular weight is 334 g/mol. The van der Waals surface area contributed by atoms with Crippen molar-refractivity contribution in [1.82, 2.24) is 14.9 Å². The van der Waals surface area contributed by atoms with E-state index in [1.807, 2.05) is 23.1 Å². The van der Waals surface area contributed by atoms with Gasteiger partial charge in [-0.05, 0) is 48.6 Å². The minimum Gasteiger partial charge on any atom is -0.333 e. The summed E-state index contributed by atoms with van der Waals surface area (Å²) >= 11 is 0. The van der Waals surface area contributed by atoms with E-state index in [0.717, 1.165) is 12.1 Å². The maximum absolute atomic E-state index is 13.0. The van der Waals surface area contributed by atoms with Gasteiger partial charge in [0.15, 0.2) is 0 Å². The predicted octanol–water partition coefficient (Wildman–Crippen LogP) is 3.57. The number of carbonyl (C=O) groups excluding carboxylic acids is 1. The van der Waals surface area contributed by atoms with Crippen molar-refractivity contribution in [3.8, 4) is 6.07 Å². The molecule has 2 aromatic heterocycles. The van der Waals surface area contributed by atoms with Crippen molar-refractivity contribution in [3.05, 3.63) is 59.7 Å². The topological polar surface area (TPSA) is 69.9 Å². The lowest BCUT2D eigenvalue weighted by Gasteiger charge is -2.29. The van der Waals surface area contributed by atoms with Gasteiger partial charge in [0.1, 0.15) is 11.8 Å². The molecule has 0 N–H and O–H groups in total. The zero-order valence-corrected chi connectivity index (χ0v) is 14.3. The predicted molar refractivity (Wildman–Crippen MR) is 94.5 cm³/mol. The lowest BCUT2D eigenvalue weighted by atomic mass is 9.89. The van der Waals surface area contributed by atoms with Gasteiger partial charge < -0.3 is 4.90 Å². The van der Waals surface area contributed by atoms with Gasteiger partial charge in [-0.15, -0.1) is 0 Å². The van der Waals surface area contributed by atoms with Crippen molar-refractivity contribution >= 4 is 5.91 Å². The van der Waals surface area contributed by atoms with Crippen LogP contribution in [-0.4, -0.2) is 27.3 Å². The van der Waals surface area contributed by atoms with E-state index in [0.29, 0.717) is 23.7 Å². The molecule has 0 saturated heterocycles. The van der Waals surface area contributed by atoms with Crippen LogP contribution in [0.15, 0.2) is 42.9 Å². The van der Waals surface area contributed by atoms with Crippen molar-refractivity contribution < 1.29 is 4.79 Å². The molecule has 0 aliphatic heterocycles. The maximum Gasteiger partial charge on any atom is 0.272 e. The third-order valence-electron chi connectivity index (χ3n) is 4.73. The number of hydrogen-bond acceptors (Lipinski definition) is 4. The van der Waals surface area contributed by atoms with Gasteiger partial charge in [-0.25, -0.2) is 4.98 Å². The minimum absolute atomic E-state index is 0.0770. The van der Waals surface area contributed by atoms with E-state index in [1.165, 1.54) is 38.3 Å². The maximum atomic E-state index is 13.0. The monoisotopic (exact) mass is 334 g/mol. The van der Waals surface area contributed by atoms with Crippen molar-refractivity contribution in [2.24, 2.45) is 5.92 Å². The second-order valence-corrected chi connectivity index (χ2v) is 6.59. The summed E-state index contributed by atoms with van der Waals surface area (Å²) in [5, 5.41) is 8.90. The summed E-state index contributed by atoms with van der Waals surface area (Å²) in [7, 11) is 0. The summed E-state index contributed by atoms with van der Waals surface area (Å²) in [6.45, 7) is 1.31. The summed E-state index contributed by atoms with van der Waals surface area (Å²) < 4.78 is 0. The standard InChI is InChI=1S/C20H22N4O/c21-12-18-6-7-19(23-13-18)20(25)24(14-16-4-2-1-3-5-16)15-17-8-10-22-11-9-17/h6-11,13,16H,1-5,14-15H2. The van der Waals surface area contributed by atoms with Gasteiger partial charge in [0.2, 0.25) is 0 Å². The summed E-state index contributed by atoms with van der Waals surface area (Å²) in [6, 6.07) is 9.19. The molecule has 3 rings (SSSR count). The molecule has 1 amide bonds. The highest BCUT2D eigenvalue weighted by atomic mass is 16.2. The van der Waals surface area contributed by atoms with Crippen LogP contribution in [0, 0.1) is 17.2 Å². The third-order valence-corrected chi connectivity index (χ3v) is 4.73. The molecule has 2 aromatic rings. The van der Waals surface area contributed by atoms with Crippen LogP contribution in [0.25, 0.3) is 0 Å². The molecule has 5 heteroatoms. The number of pyridine rings is 2. The summed E-state index contributed by atoms with van der Waals surface area (Å²) in [5.74, 6) is 0.477. The van der Waals surface area contributed by atoms with E-state index in [-0.39, 0.29) is 5.91 Å². The Labute approximate surface area is 148 Å². The Morgan fingerprint density at radius 1 is 1.16 bits per heavy atom. The van der Waals surface area contributed by atoms with Crippen molar-refractivity contribution in [3.63, 3.8) is 0 Å². The van der Waals surface area contributed by atoms with Gasteiger partial charge >= 0.3 is 0 Å². The summed E-state index contributed by atoms with van der Waals surface area (Å²) in [4.78, 5) is 23.1. The van der Waals surface area contributed by atoms with Crippen LogP contribution in [0.4, 0.5) is 0 Å². The van der Waals surface area contributed by atoms with Crippen LogP contribution in [0.3, 0.4) is 0 Å². The Hall–Kier alpha value is -2.74. The van der Waals surface area contributed by atoms with Crippen molar-refractivity contribution in [2.75, 3.05) is 6.54 Å². The van der Waals surface area contributed by atoms with Crippen LogP contribution < -0.4 is 0 Å². The van der Waals surface area contributed by atoms with Crippen molar-refractivity contribution in [1.29, 1.82) is 5.26 Å². The highest BCUT2D eigenvalue weighted by Gasteiger charge is 2.23. The molecule has 0 radical (unpaired) electrons. The normalized spacial score (nSPS) is 14.7. The first-order valence-electron chi connectivity index (χ1n) is 8.80. The average Bonchev–Trinajstić information content (AvgIpc) is 2.68. The SMILES string of the molecule is N#Cc1ccc(C(=O)N(Cc2ccncc2)CC2CCCCC2)nc1. The Morgan fingerprint density at radius 2 is 1.92 bits per heavy atom. The number of amides is 1. The first-order valence-corrected chi connectivity index (χ1v) is 8.80. The second kappa shape index (κ2) is 8.39. The molecule has 0 aromatic carbocycles. The van der Waals surface area contributed by atoms with Gasteiger partial charge in [-0.1, -0.05) is 19.3 Å². The Kier molecular flexibility index (Phi) is 5.73. The van der Waals surface area contributed by atoms with Crippen LogP contribution in [0.2, 0.25) is 0 Å². The van der Waals surface area contributed by atoms with E-state index >= 15 is 0 Å². The fourth-order valence-corrected chi connectivity index (χ4v) is 3.36. The smallest absolute Gasteiger partial charge is 0.272 e. The van der Waals surface area contributed by atoms with Gasteiger partial charge in [0.05, 0.1) is 5.56 Å². The fraction of sp³-hybridized carbons (Fsp3) is 0.400. The second-order valence-electron chi connectivity index (χ2n) is 6.59. The first kappa shape index (κ1) is 17.1. The van der Waals surface area contributed by atoms with Gasteiger partial charge in [0, 0.05) is 31.7 Å². The molecule has 0 bridgehead atoms. The van der Waals surface area contributed by atoms with Gasteiger partial charge in [-0.2, -0.15) is 5.26 Å². The molecule has 0 atom stereocenters. The van der Waals surface area contributed by atoms with Crippen LogP contribution in [0.1, 0.15) is 53.7 Å². The van der Waals surface area contributed by atoms with Crippen LogP contribution in [-0.2, 0) is 6.54 Å². The number of hydrogen-bond donors (Lipinski definition) is 0. The third kappa shape index (κ3) is 4.63. The molecule has 0 spiro atoms. The van der Waals surface area contributed by atoms with Gasteiger partial charge in [-0.3, -0.25) is 9.78 Å². The largest absolute Gasteiger partial charge is 0.333 e. The first-order chi connectivity index (χ1) is 12.3. The Morgan fingerprint density at radius 3 is 2.56 bits per heavy atom. The molecule has 1 aliphatic rings. The number of nitrogens with zero attached hydrogens (tertiary/aromatic N) is 4. The van der Waals surface area contributed by atoms with E-state index in [2.05, 4.69) is 9.97 Å². The fourth-order valence-electron chi connectivity index (χ4n) is 3.36. The van der Waals surface area contributed by atoms with Crippen molar-refractivity contribution in [2.45, 2.75) is 38.6 Å². The van der Waals surface area contributed by atoms with Gasteiger partial charge in [0.25, 0.3) is 5.91 Å². The molecular formula is C20H22N4O.